The molecule has 0 spiro atoms. The van der Waals surface area contributed by atoms with Crippen molar-refractivity contribution in [3.8, 4) is 5.75 Å². The van der Waals surface area contributed by atoms with Gasteiger partial charge in [-0.25, -0.2) is 0 Å². The third kappa shape index (κ3) is 3.60. The number of carbonyl (C=O) groups is 1. The van der Waals surface area contributed by atoms with E-state index in [2.05, 4.69) is 15.3 Å². The van der Waals surface area contributed by atoms with Gasteiger partial charge in [-0.3, -0.25) is 9.48 Å². The van der Waals surface area contributed by atoms with Crippen molar-refractivity contribution in [2.45, 2.75) is 31.6 Å². The number of halogens is 3. The second-order valence-electron chi connectivity index (χ2n) is 7.22. The number of ether oxygens (including phenoxy) is 1. The Morgan fingerprint density at radius 3 is 2.67 bits per heavy atom. The number of hydrogen-bond donors (Lipinski definition) is 1. The van der Waals surface area contributed by atoms with Gasteiger partial charge in [0, 0.05) is 18.0 Å². The summed E-state index contributed by atoms with van der Waals surface area (Å²) >= 11 is 0. The molecule has 1 N–H and O–H groups in total. The molecule has 6 nitrogen and oxygen atoms in total. The lowest BCUT2D eigenvalue weighted by Crippen LogP contribution is -2.57. The van der Waals surface area contributed by atoms with Crippen LogP contribution in [0.4, 0.5) is 13.2 Å². The largest absolute Gasteiger partial charge is 0.497 e. The molecule has 3 aliphatic rings. The van der Waals surface area contributed by atoms with Crippen molar-refractivity contribution in [2.75, 3.05) is 26.7 Å². The normalized spacial score (nSPS) is 25.0. The van der Waals surface area contributed by atoms with E-state index in [1.54, 1.807) is 12.1 Å². The zero-order valence-electron chi connectivity index (χ0n) is 14.9. The molecule has 1 aromatic heterocycles. The first kappa shape index (κ1) is 18.1. The van der Waals surface area contributed by atoms with Gasteiger partial charge in [-0.1, -0.05) is 0 Å². The Hall–Kier alpha value is -2.29. The molecule has 4 heterocycles. The van der Waals surface area contributed by atoms with Gasteiger partial charge in [0.1, 0.15) is 12.3 Å². The lowest BCUT2D eigenvalue weighted by molar-refractivity contribution is -0.141. The fraction of sp³-hybridized carbons (Fsp3) is 0.556. The van der Waals surface area contributed by atoms with E-state index in [4.69, 9.17) is 4.74 Å². The van der Waals surface area contributed by atoms with Gasteiger partial charge in [0.2, 0.25) is 0 Å². The average molecular weight is 382 g/mol. The highest BCUT2D eigenvalue weighted by Crippen LogP contribution is 2.29. The average Bonchev–Trinajstić information content (AvgIpc) is 2.99. The topological polar surface area (TPSA) is 59.4 Å². The van der Waals surface area contributed by atoms with Crippen LogP contribution in [0.1, 0.15) is 23.3 Å². The molecule has 2 aromatic rings. The fourth-order valence-corrected chi connectivity index (χ4v) is 4.11. The number of piperidine rings is 3. The molecule has 0 saturated carbocycles. The highest BCUT2D eigenvalue weighted by Gasteiger charge is 2.36. The number of nitrogens with one attached hydrogen (secondary N) is 1. The van der Waals surface area contributed by atoms with E-state index >= 15 is 0 Å². The predicted molar refractivity (Wildman–Crippen MR) is 92.8 cm³/mol. The highest BCUT2D eigenvalue weighted by molar-refractivity contribution is 6.05. The number of rotatable bonds is 4. The molecular weight excluding hydrogens is 361 g/mol. The van der Waals surface area contributed by atoms with Crippen LogP contribution in [0.5, 0.6) is 5.75 Å². The number of fused-ring (bicyclic) bond motifs is 4. The Labute approximate surface area is 154 Å². The molecule has 3 saturated heterocycles. The number of amides is 1. The van der Waals surface area contributed by atoms with Crippen LogP contribution in [-0.2, 0) is 6.54 Å². The summed E-state index contributed by atoms with van der Waals surface area (Å²) in [4.78, 5) is 15.2. The first-order valence-corrected chi connectivity index (χ1v) is 8.98. The van der Waals surface area contributed by atoms with Crippen molar-refractivity contribution in [1.29, 1.82) is 0 Å². The molecule has 3 fully saturated rings. The van der Waals surface area contributed by atoms with Crippen molar-refractivity contribution < 1.29 is 22.7 Å². The third-order valence-corrected chi connectivity index (χ3v) is 5.47. The first-order valence-electron chi connectivity index (χ1n) is 8.98. The zero-order valence-corrected chi connectivity index (χ0v) is 14.9. The van der Waals surface area contributed by atoms with Gasteiger partial charge >= 0.3 is 6.18 Å². The summed E-state index contributed by atoms with van der Waals surface area (Å²) in [5, 5.41) is 7.35. The molecule has 9 heteroatoms. The standard InChI is InChI=1S/C18H21F3N4O2/c1-27-12-2-3-15-13(8-12)16(23-25(15)10-18(19,20)21)17(26)22-14-9-24-6-4-11(14)5-7-24/h2-3,8,11,14H,4-7,9-10H2,1H3,(H,22,26). The van der Waals surface area contributed by atoms with Gasteiger partial charge in [0.05, 0.1) is 12.6 Å². The van der Waals surface area contributed by atoms with Crippen LogP contribution < -0.4 is 10.1 Å². The zero-order chi connectivity index (χ0) is 19.2. The van der Waals surface area contributed by atoms with Crippen molar-refractivity contribution in [2.24, 2.45) is 5.92 Å². The second kappa shape index (κ2) is 6.70. The van der Waals surface area contributed by atoms with Gasteiger partial charge in [-0.15, -0.1) is 0 Å². The SMILES string of the molecule is COc1ccc2c(c1)c(C(=O)NC1CN3CCC1CC3)nn2CC(F)(F)F. The van der Waals surface area contributed by atoms with Crippen LogP contribution in [0.3, 0.4) is 0 Å². The molecule has 3 aliphatic heterocycles. The number of carbonyl (C=O) groups excluding carboxylic acids is 1. The number of hydrogen-bond acceptors (Lipinski definition) is 4. The molecule has 5 rings (SSSR count). The number of methoxy groups -OCH3 is 1. The van der Waals surface area contributed by atoms with Crippen molar-refractivity contribution in [3.05, 3.63) is 23.9 Å². The van der Waals surface area contributed by atoms with Gasteiger partial charge in [-0.05, 0) is 50.0 Å². The van der Waals surface area contributed by atoms with E-state index in [-0.39, 0.29) is 17.3 Å². The highest BCUT2D eigenvalue weighted by atomic mass is 19.4. The minimum Gasteiger partial charge on any atom is -0.497 e. The predicted octanol–water partition coefficient (Wildman–Crippen LogP) is 2.43. The summed E-state index contributed by atoms with van der Waals surface area (Å²) in [6.07, 6.45) is -2.37. The summed E-state index contributed by atoms with van der Waals surface area (Å²) in [7, 11) is 1.47. The van der Waals surface area contributed by atoms with E-state index in [9.17, 15) is 18.0 Å². The van der Waals surface area contributed by atoms with E-state index in [1.165, 1.54) is 13.2 Å². The molecule has 1 amide bonds. The maximum atomic E-state index is 12.9. The summed E-state index contributed by atoms with van der Waals surface area (Å²) in [6.45, 7) is 1.61. The van der Waals surface area contributed by atoms with Gasteiger partial charge in [0.25, 0.3) is 5.91 Å². The summed E-state index contributed by atoms with van der Waals surface area (Å²) < 4.78 is 44.7. The number of aromatic nitrogens is 2. The molecule has 2 bridgehead atoms. The van der Waals surface area contributed by atoms with E-state index in [0.717, 1.165) is 37.2 Å². The van der Waals surface area contributed by atoms with Crippen LogP contribution in [-0.4, -0.2) is 59.5 Å². The van der Waals surface area contributed by atoms with E-state index < -0.39 is 18.6 Å². The lowest BCUT2D eigenvalue weighted by atomic mass is 9.84. The molecule has 0 aliphatic carbocycles. The van der Waals surface area contributed by atoms with Crippen molar-refractivity contribution >= 4 is 16.8 Å². The van der Waals surface area contributed by atoms with Crippen LogP contribution >= 0.6 is 0 Å². The maximum absolute atomic E-state index is 12.9. The second-order valence-corrected chi connectivity index (χ2v) is 7.22. The van der Waals surface area contributed by atoms with Crippen LogP contribution in [0.15, 0.2) is 18.2 Å². The third-order valence-electron chi connectivity index (χ3n) is 5.47. The summed E-state index contributed by atoms with van der Waals surface area (Å²) in [6, 6.07) is 4.62. The Morgan fingerprint density at radius 2 is 2.07 bits per heavy atom. The number of nitrogens with zero attached hydrogens (tertiary/aromatic N) is 3. The molecule has 1 atom stereocenters. The molecular formula is C18H21F3N4O2. The Bertz CT molecular complexity index is 856. The number of benzene rings is 1. The first-order chi connectivity index (χ1) is 12.8. The van der Waals surface area contributed by atoms with Crippen molar-refractivity contribution in [3.63, 3.8) is 0 Å². The molecule has 0 radical (unpaired) electrons. The molecule has 146 valence electrons. The quantitative estimate of drug-likeness (QED) is 0.883. The van der Waals surface area contributed by atoms with Gasteiger partial charge in [-0.2, -0.15) is 18.3 Å². The maximum Gasteiger partial charge on any atom is 0.408 e. The van der Waals surface area contributed by atoms with E-state index in [0.29, 0.717) is 17.1 Å². The summed E-state index contributed by atoms with van der Waals surface area (Å²) in [5.74, 6) is 0.441. The Kier molecular flexibility index (Phi) is 4.49. The molecule has 27 heavy (non-hydrogen) atoms. The Morgan fingerprint density at radius 1 is 1.33 bits per heavy atom. The lowest BCUT2D eigenvalue weighted by Gasteiger charge is -2.44. The molecule has 1 unspecified atom stereocenters. The number of alkyl halides is 3. The monoisotopic (exact) mass is 382 g/mol. The Balaban J connectivity index is 1.66. The van der Waals surface area contributed by atoms with Gasteiger partial charge in [0.15, 0.2) is 5.69 Å². The van der Waals surface area contributed by atoms with Crippen LogP contribution in [0, 0.1) is 5.92 Å². The smallest absolute Gasteiger partial charge is 0.408 e. The van der Waals surface area contributed by atoms with Crippen molar-refractivity contribution in [1.82, 2.24) is 20.0 Å². The fourth-order valence-electron chi connectivity index (χ4n) is 4.11. The minimum atomic E-state index is -4.43. The van der Waals surface area contributed by atoms with Crippen LogP contribution in [0.2, 0.25) is 0 Å². The van der Waals surface area contributed by atoms with Crippen LogP contribution in [0.25, 0.3) is 10.9 Å². The van der Waals surface area contributed by atoms with E-state index in [1.807, 2.05) is 0 Å². The van der Waals surface area contributed by atoms with Gasteiger partial charge < -0.3 is 15.0 Å². The molecule has 1 aromatic carbocycles. The minimum absolute atomic E-state index is 0.00426. The summed E-state index contributed by atoms with van der Waals surface area (Å²) in [5.41, 5.74) is 0.261.